The highest BCUT2D eigenvalue weighted by atomic mass is 16.5. The van der Waals surface area contributed by atoms with E-state index in [1.165, 1.54) is 0 Å². The Kier molecular flexibility index (Phi) is 5.95. The second-order valence-electron chi connectivity index (χ2n) is 4.97. The number of hydrogen-bond acceptors (Lipinski definition) is 3. The number of aryl methyl sites for hydroxylation is 1. The number of ether oxygens (including phenoxy) is 1. The molecule has 3 nitrogen and oxygen atoms in total. The van der Waals surface area contributed by atoms with Crippen LogP contribution < -0.4 is 4.74 Å². The number of nitrogens with zero attached hydrogens (tertiary/aromatic N) is 1. The molecule has 0 amide bonds. The van der Waals surface area contributed by atoms with Gasteiger partial charge in [-0.2, -0.15) is 0 Å². The Morgan fingerprint density at radius 1 is 1.14 bits per heavy atom. The predicted octanol–water partition coefficient (Wildman–Crippen LogP) is 3.61. The Bertz CT molecular complexity index is 549. The van der Waals surface area contributed by atoms with Gasteiger partial charge in [0, 0.05) is 24.7 Å². The molecule has 21 heavy (non-hydrogen) atoms. The average Bonchev–Trinajstić information content (AvgIpc) is 2.51. The molecule has 3 heteroatoms. The van der Waals surface area contributed by atoms with E-state index in [1.807, 2.05) is 49.4 Å². The van der Waals surface area contributed by atoms with Crippen LogP contribution in [0.2, 0.25) is 0 Å². The molecule has 1 aromatic heterocycles. The number of carbonyl (C=O) groups excluding carboxylic acids is 1. The van der Waals surface area contributed by atoms with Crippen LogP contribution in [-0.4, -0.2) is 17.4 Å². The highest BCUT2D eigenvalue weighted by molar-refractivity contribution is 5.80. The minimum absolute atomic E-state index is 0.273. The van der Waals surface area contributed by atoms with E-state index < -0.39 is 0 Å². The Hall–Kier alpha value is -2.16. The molecule has 0 fully saturated rings. The number of benzene rings is 1. The number of pyridine rings is 1. The number of aromatic nitrogens is 1. The average molecular weight is 283 g/mol. The molecule has 0 saturated carbocycles. The fourth-order valence-electron chi connectivity index (χ4n) is 2.20. The summed E-state index contributed by atoms with van der Waals surface area (Å²) in [5.41, 5.74) is 2.09. The van der Waals surface area contributed by atoms with Crippen LogP contribution in [0.3, 0.4) is 0 Å². The lowest BCUT2D eigenvalue weighted by molar-refractivity contribution is -0.118. The van der Waals surface area contributed by atoms with Gasteiger partial charge < -0.3 is 4.74 Å². The molecule has 1 heterocycles. The summed E-state index contributed by atoms with van der Waals surface area (Å²) >= 11 is 0. The third-order valence-electron chi connectivity index (χ3n) is 3.25. The third-order valence-corrected chi connectivity index (χ3v) is 3.25. The number of rotatable bonds is 8. The summed E-state index contributed by atoms with van der Waals surface area (Å²) in [6.45, 7) is 2.62. The maximum Gasteiger partial charge on any atom is 0.137 e. The van der Waals surface area contributed by atoms with E-state index in [0.717, 1.165) is 29.8 Å². The molecule has 0 unspecified atom stereocenters. The maximum atomic E-state index is 12.0. The molecule has 0 atom stereocenters. The van der Waals surface area contributed by atoms with Gasteiger partial charge in [-0.1, -0.05) is 18.2 Å². The molecule has 0 N–H and O–H groups in total. The molecule has 0 bridgehead atoms. The molecular formula is C18H21NO2. The van der Waals surface area contributed by atoms with E-state index in [2.05, 4.69) is 4.98 Å². The van der Waals surface area contributed by atoms with Crippen molar-refractivity contribution in [3.05, 3.63) is 59.9 Å². The third kappa shape index (κ3) is 5.38. The second-order valence-corrected chi connectivity index (χ2v) is 4.97. The van der Waals surface area contributed by atoms with Gasteiger partial charge >= 0.3 is 0 Å². The van der Waals surface area contributed by atoms with Crippen molar-refractivity contribution in [3.8, 4) is 5.75 Å². The zero-order valence-corrected chi connectivity index (χ0v) is 12.4. The second kappa shape index (κ2) is 8.20. The summed E-state index contributed by atoms with van der Waals surface area (Å²) in [5.74, 6) is 1.12. The van der Waals surface area contributed by atoms with Crippen molar-refractivity contribution in [1.82, 2.24) is 4.98 Å². The van der Waals surface area contributed by atoms with Gasteiger partial charge in [0.1, 0.15) is 11.5 Å². The van der Waals surface area contributed by atoms with Gasteiger partial charge in [-0.25, -0.2) is 0 Å². The lowest BCUT2D eigenvalue weighted by Crippen LogP contribution is -2.03. The fraction of sp³-hybridized carbons (Fsp3) is 0.333. The fourth-order valence-corrected chi connectivity index (χ4v) is 2.20. The summed E-state index contributed by atoms with van der Waals surface area (Å²) in [5, 5.41) is 0. The van der Waals surface area contributed by atoms with E-state index in [9.17, 15) is 4.79 Å². The monoisotopic (exact) mass is 283 g/mol. The van der Waals surface area contributed by atoms with Gasteiger partial charge in [0.05, 0.1) is 6.61 Å². The summed E-state index contributed by atoms with van der Waals surface area (Å²) in [6.07, 6.45) is 4.60. The predicted molar refractivity (Wildman–Crippen MR) is 83.5 cm³/mol. The molecule has 2 rings (SSSR count). The lowest BCUT2D eigenvalue weighted by atomic mass is 10.0. The van der Waals surface area contributed by atoms with Crippen LogP contribution in [-0.2, 0) is 17.6 Å². The zero-order chi connectivity index (χ0) is 14.9. The van der Waals surface area contributed by atoms with Crippen LogP contribution in [0.1, 0.15) is 31.0 Å². The van der Waals surface area contributed by atoms with Gasteiger partial charge in [0.2, 0.25) is 0 Å². The van der Waals surface area contributed by atoms with Gasteiger partial charge in [0.15, 0.2) is 0 Å². The highest BCUT2D eigenvalue weighted by Gasteiger charge is 2.05. The Morgan fingerprint density at radius 2 is 1.95 bits per heavy atom. The summed E-state index contributed by atoms with van der Waals surface area (Å²) < 4.78 is 5.39. The zero-order valence-electron chi connectivity index (χ0n) is 12.4. The maximum absolute atomic E-state index is 12.0. The van der Waals surface area contributed by atoms with Crippen molar-refractivity contribution in [1.29, 1.82) is 0 Å². The SMILES string of the molecule is CCOc1ccc(CC(=O)CCCc2ccccn2)cc1. The first-order valence-corrected chi connectivity index (χ1v) is 7.41. The molecule has 0 spiro atoms. The number of Topliss-reactive ketones (excluding diaryl/α,β-unsaturated/α-hetero) is 1. The van der Waals surface area contributed by atoms with Crippen LogP contribution in [0, 0.1) is 0 Å². The molecule has 0 radical (unpaired) electrons. The number of hydrogen-bond donors (Lipinski definition) is 0. The van der Waals surface area contributed by atoms with Gasteiger partial charge in [0.25, 0.3) is 0 Å². The summed E-state index contributed by atoms with van der Waals surface area (Å²) in [7, 11) is 0. The minimum atomic E-state index is 0.273. The van der Waals surface area contributed by atoms with Gasteiger partial charge in [-0.05, 0) is 49.6 Å². The van der Waals surface area contributed by atoms with Crippen LogP contribution >= 0.6 is 0 Å². The molecule has 110 valence electrons. The molecule has 0 aliphatic carbocycles. The van der Waals surface area contributed by atoms with Gasteiger partial charge in [-0.15, -0.1) is 0 Å². The quantitative estimate of drug-likeness (QED) is 0.743. The first kappa shape index (κ1) is 15.2. The minimum Gasteiger partial charge on any atom is -0.494 e. The Morgan fingerprint density at radius 3 is 2.62 bits per heavy atom. The molecule has 1 aromatic carbocycles. The summed E-state index contributed by atoms with van der Waals surface area (Å²) in [4.78, 5) is 16.2. The largest absolute Gasteiger partial charge is 0.494 e. The van der Waals surface area contributed by atoms with E-state index in [0.29, 0.717) is 19.4 Å². The van der Waals surface area contributed by atoms with E-state index in [4.69, 9.17) is 4.74 Å². The van der Waals surface area contributed by atoms with Crippen molar-refractivity contribution in [2.45, 2.75) is 32.6 Å². The first-order valence-electron chi connectivity index (χ1n) is 7.41. The highest BCUT2D eigenvalue weighted by Crippen LogP contribution is 2.13. The van der Waals surface area contributed by atoms with E-state index in [-0.39, 0.29) is 5.78 Å². The normalized spacial score (nSPS) is 10.3. The molecule has 2 aromatic rings. The molecule has 0 aliphatic rings. The lowest BCUT2D eigenvalue weighted by Gasteiger charge is -2.05. The summed E-state index contributed by atoms with van der Waals surface area (Å²) in [6, 6.07) is 13.6. The standard InChI is InChI=1S/C18H21NO2/c1-2-21-18-11-9-15(10-12-18)14-17(20)8-5-7-16-6-3-4-13-19-16/h3-4,6,9-13H,2,5,7-8,14H2,1H3. The van der Waals surface area contributed by atoms with E-state index >= 15 is 0 Å². The van der Waals surface area contributed by atoms with Gasteiger partial charge in [-0.3, -0.25) is 9.78 Å². The van der Waals surface area contributed by atoms with Crippen molar-refractivity contribution >= 4 is 5.78 Å². The first-order chi connectivity index (χ1) is 10.3. The number of ketones is 1. The van der Waals surface area contributed by atoms with Crippen molar-refractivity contribution in [2.75, 3.05) is 6.61 Å². The molecule has 0 aliphatic heterocycles. The van der Waals surface area contributed by atoms with E-state index in [1.54, 1.807) is 6.20 Å². The van der Waals surface area contributed by atoms with Crippen molar-refractivity contribution in [2.24, 2.45) is 0 Å². The van der Waals surface area contributed by atoms with Crippen molar-refractivity contribution in [3.63, 3.8) is 0 Å². The number of carbonyl (C=O) groups is 1. The molecule has 0 saturated heterocycles. The van der Waals surface area contributed by atoms with Crippen molar-refractivity contribution < 1.29 is 9.53 Å². The van der Waals surface area contributed by atoms with Crippen LogP contribution in [0.5, 0.6) is 5.75 Å². The smallest absolute Gasteiger partial charge is 0.137 e. The Labute approximate surface area is 126 Å². The Balaban J connectivity index is 1.74. The van der Waals surface area contributed by atoms with Crippen LogP contribution in [0.15, 0.2) is 48.7 Å². The van der Waals surface area contributed by atoms with Crippen LogP contribution in [0.4, 0.5) is 0 Å². The topological polar surface area (TPSA) is 39.2 Å². The van der Waals surface area contributed by atoms with Crippen LogP contribution in [0.25, 0.3) is 0 Å². The molecular weight excluding hydrogens is 262 g/mol.